The number of ketones is 1. The highest BCUT2D eigenvalue weighted by Crippen LogP contribution is 2.16. The van der Waals surface area contributed by atoms with Gasteiger partial charge in [0.2, 0.25) is 0 Å². The summed E-state index contributed by atoms with van der Waals surface area (Å²) in [4.78, 5) is 10.9. The summed E-state index contributed by atoms with van der Waals surface area (Å²) in [5.74, 6) is 0.258. The standard InChI is InChI=1S/C17H29N3O4/c1-14(21)6-4-3-5-8-20-11-15(18-19-20)12-23-13-17-10-16(22-2)7-9-24-17/h11,16-17H,3-10,12-13H2,1-2H3/t16-,17+/m1/s1. The maximum absolute atomic E-state index is 10.9. The molecule has 2 rings (SSSR count). The van der Waals surface area contributed by atoms with Crippen molar-refractivity contribution in [3.63, 3.8) is 0 Å². The number of unbranched alkanes of at least 4 members (excludes halogenated alkanes) is 2. The molecular formula is C17H29N3O4. The van der Waals surface area contributed by atoms with E-state index in [1.807, 2.05) is 10.9 Å². The van der Waals surface area contributed by atoms with Crippen molar-refractivity contribution in [2.75, 3.05) is 20.3 Å². The SMILES string of the molecule is CO[C@@H]1CCO[C@H](COCc2cn(CCCCCC(C)=O)nn2)C1. The van der Waals surface area contributed by atoms with Crippen LogP contribution in [-0.2, 0) is 32.2 Å². The minimum absolute atomic E-state index is 0.0972. The summed E-state index contributed by atoms with van der Waals surface area (Å²) in [6, 6.07) is 0. The Bertz CT molecular complexity index is 492. The molecule has 1 aromatic rings. The van der Waals surface area contributed by atoms with Crippen LogP contribution in [0.4, 0.5) is 0 Å². The molecule has 2 atom stereocenters. The normalized spacial score (nSPS) is 21.1. The summed E-state index contributed by atoms with van der Waals surface area (Å²) in [6.45, 7) is 4.19. The molecule has 7 nitrogen and oxygen atoms in total. The Morgan fingerprint density at radius 1 is 1.42 bits per heavy atom. The van der Waals surface area contributed by atoms with Crippen molar-refractivity contribution in [2.24, 2.45) is 0 Å². The fraction of sp³-hybridized carbons (Fsp3) is 0.824. The molecule has 0 unspecified atom stereocenters. The van der Waals surface area contributed by atoms with Crippen molar-refractivity contribution < 1.29 is 19.0 Å². The molecule has 1 saturated heterocycles. The van der Waals surface area contributed by atoms with Crippen molar-refractivity contribution >= 4 is 5.78 Å². The van der Waals surface area contributed by atoms with Gasteiger partial charge in [-0.05, 0) is 26.2 Å². The number of carbonyl (C=O) groups excluding carboxylic acids is 1. The molecule has 24 heavy (non-hydrogen) atoms. The van der Waals surface area contributed by atoms with Crippen LogP contribution in [-0.4, -0.2) is 53.3 Å². The predicted octanol–water partition coefficient (Wildman–Crippen LogP) is 2.14. The van der Waals surface area contributed by atoms with Crippen molar-refractivity contribution in [3.8, 4) is 0 Å². The first-order valence-corrected chi connectivity index (χ1v) is 8.78. The first-order chi connectivity index (χ1) is 11.7. The topological polar surface area (TPSA) is 75.5 Å². The quantitative estimate of drug-likeness (QED) is 0.575. The van der Waals surface area contributed by atoms with Crippen molar-refractivity contribution in [2.45, 2.75) is 70.8 Å². The Balaban J connectivity index is 1.58. The maximum atomic E-state index is 10.9. The van der Waals surface area contributed by atoms with Gasteiger partial charge in [-0.1, -0.05) is 11.6 Å². The Morgan fingerprint density at radius 2 is 2.29 bits per heavy atom. The monoisotopic (exact) mass is 339 g/mol. The van der Waals surface area contributed by atoms with Crippen LogP contribution in [0.15, 0.2) is 6.20 Å². The highest BCUT2D eigenvalue weighted by molar-refractivity contribution is 5.75. The third-order valence-electron chi connectivity index (χ3n) is 4.21. The van der Waals surface area contributed by atoms with E-state index in [4.69, 9.17) is 14.2 Å². The first kappa shape index (κ1) is 19.0. The maximum Gasteiger partial charge on any atom is 0.129 e. The van der Waals surface area contributed by atoms with E-state index in [0.717, 1.165) is 50.9 Å². The van der Waals surface area contributed by atoms with Gasteiger partial charge >= 0.3 is 0 Å². The van der Waals surface area contributed by atoms with Gasteiger partial charge in [0.1, 0.15) is 11.5 Å². The van der Waals surface area contributed by atoms with Gasteiger partial charge in [0, 0.05) is 33.1 Å². The summed E-state index contributed by atoms with van der Waals surface area (Å²) in [5.41, 5.74) is 0.831. The van der Waals surface area contributed by atoms with E-state index < -0.39 is 0 Å². The molecule has 0 radical (unpaired) electrons. The van der Waals surface area contributed by atoms with Gasteiger partial charge in [0.05, 0.1) is 31.6 Å². The molecule has 0 saturated carbocycles. The van der Waals surface area contributed by atoms with E-state index in [2.05, 4.69) is 10.3 Å². The average Bonchev–Trinajstić information content (AvgIpc) is 3.02. The minimum Gasteiger partial charge on any atom is -0.381 e. The van der Waals surface area contributed by atoms with Gasteiger partial charge in [-0.15, -0.1) is 5.10 Å². The number of methoxy groups -OCH3 is 1. The number of rotatable bonds is 11. The number of ether oxygens (including phenoxy) is 3. The third kappa shape index (κ3) is 7.07. The second kappa shape index (κ2) is 10.5. The molecule has 0 amide bonds. The van der Waals surface area contributed by atoms with Crippen molar-refractivity contribution in [3.05, 3.63) is 11.9 Å². The van der Waals surface area contributed by atoms with E-state index in [0.29, 0.717) is 19.6 Å². The fourth-order valence-electron chi connectivity index (χ4n) is 2.81. The van der Waals surface area contributed by atoms with Gasteiger partial charge in [0.15, 0.2) is 0 Å². The van der Waals surface area contributed by atoms with Crippen LogP contribution < -0.4 is 0 Å². The van der Waals surface area contributed by atoms with Gasteiger partial charge in [0.25, 0.3) is 0 Å². The first-order valence-electron chi connectivity index (χ1n) is 8.78. The number of hydrogen-bond donors (Lipinski definition) is 0. The highest BCUT2D eigenvalue weighted by atomic mass is 16.5. The predicted molar refractivity (Wildman–Crippen MR) is 88.6 cm³/mol. The Labute approximate surface area is 143 Å². The minimum atomic E-state index is 0.0972. The highest BCUT2D eigenvalue weighted by Gasteiger charge is 2.22. The summed E-state index contributed by atoms with van der Waals surface area (Å²) in [5, 5.41) is 8.23. The largest absolute Gasteiger partial charge is 0.381 e. The van der Waals surface area contributed by atoms with E-state index >= 15 is 0 Å². The molecule has 0 aromatic carbocycles. The van der Waals surface area contributed by atoms with E-state index in [1.165, 1.54) is 0 Å². The van der Waals surface area contributed by atoms with Crippen molar-refractivity contribution in [1.29, 1.82) is 0 Å². The third-order valence-corrected chi connectivity index (χ3v) is 4.21. The average molecular weight is 339 g/mol. The van der Waals surface area contributed by atoms with Crippen LogP contribution in [0.5, 0.6) is 0 Å². The zero-order chi connectivity index (χ0) is 17.2. The van der Waals surface area contributed by atoms with Crippen LogP contribution in [0.1, 0.15) is 51.1 Å². The molecular weight excluding hydrogens is 310 g/mol. The molecule has 1 fully saturated rings. The summed E-state index contributed by atoms with van der Waals surface area (Å²) in [7, 11) is 1.74. The fourth-order valence-corrected chi connectivity index (χ4v) is 2.81. The number of carbonyl (C=O) groups is 1. The Kier molecular flexibility index (Phi) is 8.35. The molecule has 0 spiro atoms. The van der Waals surface area contributed by atoms with Crippen LogP contribution >= 0.6 is 0 Å². The second-order valence-electron chi connectivity index (χ2n) is 6.38. The molecule has 0 bridgehead atoms. The number of aromatic nitrogens is 3. The number of hydrogen-bond acceptors (Lipinski definition) is 6. The summed E-state index contributed by atoms with van der Waals surface area (Å²) in [6.07, 6.45) is 7.78. The lowest BCUT2D eigenvalue weighted by molar-refractivity contribution is -0.117. The zero-order valence-electron chi connectivity index (χ0n) is 14.8. The lowest BCUT2D eigenvalue weighted by atomic mass is 10.1. The molecule has 2 heterocycles. The molecule has 1 aliphatic rings. The number of Topliss-reactive ketones (excluding diaryl/α,β-unsaturated/α-hetero) is 1. The van der Waals surface area contributed by atoms with E-state index in [9.17, 15) is 4.79 Å². The summed E-state index contributed by atoms with van der Waals surface area (Å²) < 4.78 is 18.6. The van der Waals surface area contributed by atoms with Gasteiger partial charge in [-0.3, -0.25) is 4.68 Å². The van der Waals surface area contributed by atoms with Crippen molar-refractivity contribution in [1.82, 2.24) is 15.0 Å². The van der Waals surface area contributed by atoms with Gasteiger partial charge in [-0.2, -0.15) is 0 Å². The van der Waals surface area contributed by atoms with E-state index in [-0.39, 0.29) is 18.0 Å². The van der Waals surface area contributed by atoms with Gasteiger partial charge in [-0.25, -0.2) is 0 Å². The molecule has 136 valence electrons. The Morgan fingerprint density at radius 3 is 3.08 bits per heavy atom. The molecule has 0 aliphatic carbocycles. The second-order valence-corrected chi connectivity index (χ2v) is 6.38. The van der Waals surface area contributed by atoms with Crippen LogP contribution in [0.25, 0.3) is 0 Å². The van der Waals surface area contributed by atoms with Crippen LogP contribution in [0.2, 0.25) is 0 Å². The Hall–Kier alpha value is -1.31. The molecule has 1 aliphatic heterocycles. The van der Waals surface area contributed by atoms with Crippen LogP contribution in [0.3, 0.4) is 0 Å². The van der Waals surface area contributed by atoms with E-state index in [1.54, 1.807) is 14.0 Å². The van der Waals surface area contributed by atoms with Crippen LogP contribution in [0, 0.1) is 0 Å². The zero-order valence-corrected chi connectivity index (χ0v) is 14.8. The molecule has 0 N–H and O–H groups in total. The number of nitrogens with zero attached hydrogens (tertiary/aromatic N) is 3. The lowest BCUT2D eigenvalue weighted by Gasteiger charge is -2.28. The molecule has 7 heteroatoms. The van der Waals surface area contributed by atoms with Gasteiger partial charge < -0.3 is 19.0 Å². The molecule has 1 aromatic heterocycles. The lowest BCUT2D eigenvalue weighted by Crippen LogP contribution is -2.33. The number of aryl methyl sites for hydroxylation is 1. The smallest absolute Gasteiger partial charge is 0.129 e. The summed E-state index contributed by atoms with van der Waals surface area (Å²) >= 11 is 0.